The highest BCUT2D eigenvalue weighted by Crippen LogP contribution is 2.38. The topological polar surface area (TPSA) is 58.7 Å². The predicted octanol–water partition coefficient (Wildman–Crippen LogP) is 0.938. The lowest BCUT2D eigenvalue weighted by Gasteiger charge is -2.35. The van der Waals surface area contributed by atoms with Crippen LogP contribution in [0.25, 0.3) is 0 Å². The molecule has 0 amide bonds. The normalized spacial score (nSPS) is 20.9. The molecule has 94 valence electrons. The van der Waals surface area contributed by atoms with Crippen molar-refractivity contribution in [2.45, 2.75) is 18.4 Å². The van der Waals surface area contributed by atoms with Gasteiger partial charge in [-0.25, -0.2) is 0 Å². The molecule has 3 N–H and O–H groups in total. The smallest absolute Gasteiger partial charge is 0.119 e. The maximum atomic E-state index is 9.99. The van der Waals surface area contributed by atoms with Gasteiger partial charge in [-0.1, -0.05) is 0 Å². The molecule has 2 atom stereocenters. The number of methoxy groups -OCH3 is 1. The van der Waals surface area contributed by atoms with Crippen molar-refractivity contribution in [1.29, 1.82) is 0 Å². The molecule has 2 unspecified atom stereocenters. The first-order chi connectivity index (χ1) is 8.17. The molecule has 0 spiro atoms. The fourth-order valence-electron chi connectivity index (χ4n) is 2.48. The summed E-state index contributed by atoms with van der Waals surface area (Å²) in [6.45, 7) is 1.24. The summed E-state index contributed by atoms with van der Waals surface area (Å²) >= 11 is 0. The summed E-state index contributed by atoms with van der Waals surface area (Å²) in [4.78, 5) is 2.20. The van der Waals surface area contributed by atoms with Gasteiger partial charge in [-0.2, -0.15) is 0 Å². The number of hydrogen-bond acceptors (Lipinski definition) is 4. The zero-order chi connectivity index (χ0) is 12.4. The standard InChI is InChI=1S/C13H20N2O2/c1-15-6-5-10(13(16)8-14)11-7-9(17-2)3-4-12(11)15/h3-4,7,10,13,16H,5-6,8,14H2,1-2H3. The molecule has 4 heteroatoms. The molecule has 1 aliphatic heterocycles. The summed E-state index contributed by atoms with van der Waals surface area (Å²) in [5.74, 6) is 0.939. The zero-order valence-electron chi connectivity index (χ0n) is 10.4. The Balaban J connectivity index is 2.41. The van der Waals surface area contributed by atoms with Crippen molar-refractivity contribution in [3.8, 4) is 5.75 Å². The van der Waals surface area contributed by atoms with Crippen molar-refractivity contribution in [3.63, 3.8) is 0 Å². The van der Waals surface area contributed by atoms with Crippen molar-refractivity contribution in [3.05, 3.63) is 23.8 Å². The van der Waals surface area contributed by atoms with Crippen molar-refractivity contribution < 1.29 is 9.84 Å². The molecule has 0 aliphatic carbocycles. The first-order valence-electron chi connectivity index (χ1n) is 5.94. The van der Waals surface area contributed by atoms with Gasteiger partial charge in [-0.05, 0) is 30.2 Å². The highest BCUT2D eigenvalue weighted by Gasteiger charge is 2.28. The van der Waals surface area contributed by atoms with Gasteiger partial charge in [0.1, 0.15) is 5.75 Å². The van der Waals surface area contributed by atoms with Gasteiger partial charge in [-0.15, -0.1) is 0 Å². The van der Waals surface area contributed by atoms with Gasteiger partial charge in [0.05, 0.1) is 13.2 Å². The Kier molecular flexibility index (Phi) is 3.54. The molecule has 4 nitrogen and oxygen atoms in total. The number of ether oxygens (including phenoxy) is 1. The minimum Gasteiger partial charge on any atom is -0.497 e. The molecule has 0 bridgehead atoms. The average molecular weight is 236 g/mol. The second-order valence-electron chi connectivity index (χ2n) is 4.54. The van der Waals surface area contributed by atoms with Gasteiger partial charge >= 0.3 is 0 Å². The van der Waals surface area contributed by atoms with E-state index in [1.807, 2.05) is 18.2 Å². The van der Waals surface area contributed by atoms with Crippen LogP contribution in [0.15, 0.2) is 18.2 Å². The van der Waals surface area contributed by atoms with Gasteiger partial charge in [0.25, 0.3) is 0 Å². The van der Waals surface area contributed by atoms with E-state index in [9.17, 15) is 5.11 Å². The highest BCUT2D eigenvalue weighted by molar-refractivity contribution is 5.59. The largest absolute Gasteiger partial charge is 0.497 e. The summed E-state index contributed by atoms with van der Waals surface area (Å²) < 4.78 is 5.25. The van der Waals surface area contributed by atoms with E-state index in [-0.39, 0.29) is 5.92 Å². The van der Waals surface area contributed by atoms with Gasteiger partial charge < -0.3 is 20.5 Å². The Morgan fingerprint density at radius 3 is 3.00 bits per heavy atom. The molecule has 2 rings (SSSR count). The maximum absolute atomic E-state index is 9.99. The van der Waals surface area contributed by atoms with Crippen molar-refractivity contribution in [1.82, 2.24) is 0 Å². The van der Waals surface area contributed by atoms with E-state index in [2.05, 4.69) is 11.9 Å². The number of aliphatic hydroxyl groups is 1. The first-order valence-corrected chi connectivity index (χ1v) is 5.94. The molecular formula is C13H20N2O2. The zero-order valence-corrected chi connectivity index (χ0v) is 10.4. The molecule has 0 saturated carbocycles. The SMILES string of the molecule is COc1ccc2c(c1)C(C(O)CN)CCN2C. The van der Waals surface area contributed by atoms with Crippen LogP contribution in [0.1, 0.15) is 17.9 Å². The maximum Gasteiger partial charge on any atom is 0.119 e. The monoisotopic (exact) mass is 236 g/mol. The van der Waals surface area contributed by atoms with E-state index in [1.165, 1.54) is 0 Å². The van der Waals surface area contributed by atoms with Crippen LogP contribution in [0.5, 0.6) is 5.75 Å². The van der Waals surface area contributed by atoms with E-state index >= 15 is 0 Å². The first kappa shape index (κ1) is 12.2. The summed E-state index contributed by atoms with van der Waals surface area (Å²) in [6.07, 6.45) is 0.448. The van der Waals surface area contributed by atoms with Gasteiger partial charge in [0, 0.05) is 31.7 Å². The molecule has 0 fully saturated rings. The molecule has 1 aliphatic rings. The molecule has 1 aromatic carbocycles. The van der Waals surface area contributed by atoms with E-state index in [0.29, 0.717) is 6.54 Å². The molecule has 0 radical (unpaired) electrons. The van der Waals surface area contributed by atoms with Crippen LogP contribution in [-0.2, 0) is 0 Å². The van der Waals surface area contributed by atoms with Crippen LogP contribution in [-0.4, -0.2) is 38.5 Å². The Morgan fingerprint density at radius 2 is 2.35 bits per heavy atom. The van der Waals surface area contributed by atoms with Gasteiger partial charge in [0.15, 0.2) is 0 Å². The Bertz CT molecular complexity index is 395. The van der Waals surface area contributed by atoms with E-state index in [1.54, 1.807) is 7.11 Å². The number of nitrogens with two attached hydrogens (primary N) is 1. The van der Waals surface area contributed by atoms with Crippen LogP contribution in [0.4, 0.5) is 5.69 Å². The predicted molar refractivity (Wildman–Crippen MR) is 68.7 cm³/mol. The van der Waals surface area contributed by atoms with Crippen LogP contribution < -0.4 is 15.4 Å². The van der Waals surface area contributed by atoms with Crippen molar-refractivity contribution >= 4 is 5.69 Å². The number of aliphatic hydroxyl groups excluding tert-OH is 1. The van der Waals surface area contributed by atoms with E-state index in [0.717, 1.165) is 30.0 Å². The number of hydrogen-bond donors (Lipinski definition) is 2. The lowest BCUT2D eigenvalue weighted by atomic mass is 9.85. The van der Waals surface area contributed by atoms with Gasteiger partial charge in [0.2, 0.25) is 0 Å². The van der Waals surface area contributed by atoms with Crippen LogP contribution in [0.3, 0.4) is 0 Å². The summed E-state index contributed by atoms with van der Waals surface area (Å²) in [5, 5.41) is 9.99. The number of anilines is 1. The minimum atomic E-state index is -0.477. The second kappa shape index (κ2) is 4.94. The lowest BCUT2D eigenvalue weighted by molar-refractivity contribution is 0.145. The number of fused-ring (bicyclic) bond motifs is 1. The highest BCUT2D eigenvalue weighted by atomic mass is 16.5. The molecule has 0 saturated heterocycles. The molecule has 0 aromatic heterocycles. The number of nitrogens with zero attached hydrogens (tertiary/aromatic N) is 1. The third kappa shape index (κ3) is 2.23. The number of rotatable bonds is 3. The number of benzene rings is 1. The molecule has 1 aromatic rings. The second-order valence-corrected chi connectivity index (χ2v) is 4.54. The van der Waals surface area contributed by atoms with E-state index in [4.69, 9.17) is 10.5 Å². The summed E-state index contributed by atoms with van der Waals surface area (Å²) in [7, 11) is 3.72. The van der Waals surface area contributed by atoms with Crippen LogP contribution in [0, 0.1) is 0 Å². The Morgan fingerprint density at radius 1 is 1.59 bits per heavy atom. The van der Waals surface area contributed by atoms with Crippen molar-refractivity contribution in [2.75, 3.05) is 32.1 Å². The van der Waals surface area contributed by atoms with E-state index < -0.39 is 6.10 Å². The fraction of sp³-hybridized carbons (Fsp3) is 0.538. The summed E-state index contributed by atoms with van der Waals surface area (Å²) in [6, 6.07) is 6.00. The fourth-order valence-corrected chi connectivity index (χ4v) is 2.48. The molecule has 1 heterocycles. The molecule has 17 heavy (non-hydrogen) atoms. The third-order valence-electron chi connectivity index (χ3n) is 3.53. The van der Waals surface area contributed by atoms with Crippen molar-refractivity contribution in [2.24, 2.45) is 5.73 Å². The molecular weight excluding hydrogens is 216 g/mol. The minimum absolute atomic E-state index is 0.112. The summed E-state index contributed by atoms with van der Waals surface area (Å²) in [5.41, 5.74) is 7.87. The third-order valence-corrected chi connectivity index (χ3v) is 3.53. The van der Waals surface area contributed by atoms with Crippen LogP contribution in [0.2, 0.25) is 0 Å². The Hall–Kier alpha value is -1.26. The average Bonchev–Trinajstić information content (AvgIpc) is 2.38. The van der Waals surface area contributed by atoms with Crippen LogP contribution >= 0.6 is 0 Å². The van der Waals surface area contributed by atoms with Gasteiger partial charge in [-0.3, -0.25) is 0 Å². The Labute approximate surface area is 102 Å². The quantitative estimate of drug-likeness (QED) is 0.820. The lowest BCUT2D eigenvalue weighted by Crippen LogP contribution is -2.35.